The fraction of sp³-hybridized carbons (Fsp3) is 0.235. The summed E-state index contributed by atoms with van der Waals surface area (Å²) in [5, 5.41) is 12.0. The lowest BCUT2D eigenvalue weighted by Crippen LogP contribution is -2.53. The molecule has 4 rings (SSSR count). The molecule has 0 bridgehead atoms. The highest BCUT2D eigenvalue weighted by atomic mass is 35.5. The Hall–Kier alpha value is -1.84. The average Bonchev–Trinajstić information content (AvgIpc) is 2.98. The number of hydrogen-bond donors (Lipinski definition) is 1. The Morgan fingerprint density at radius 2 is 1.86 bits per heavy atom. The van der Waals surface area contributed by atoms with Crippen LogP contribution >= 0.6 is 11.6 Å². The lowest BCUT2D eigenvalue weighted by molar-refractivity contribution is -0.0744. The average molecular weight is 299 g/mol. The fourth-order valence-corrected chi connectivity index (χ4v) is 3.61. The summed E-state index contributed by atoms with van der Waals surface area (Å²) in [7, 11) is 0. The molecule has 0 radical (unpaired) electrons. The van der Waals surface area contributed by atoms with Crippen molar-refractivity contribution in [2.24, 2.45) is 4.99 Å². The van der Waals surface area contributed by atoms with Crippen molar-refractivity contribution in [3.05, 3.63) is 70.2 Å². The molecular weight excluding hydrogens is 284 g/mol. The van der Waals surface area contributed by atoms with E-state index in [1.807, 2.05) is 41.3 Å². The molecule has 106 valence electrons. The Morgan fingerprint density at radius 1 is 1.10 bits per heavy atom. The van der Waals surface area contributed by atoms with Gasteiger partial charge in [-0.25, -0.2) is 0 Å². The molecule has 4 heteroatoms. The molecule has 1 unspecified atom stereocenters. The summed E-state index contributed by atoms with van der Waals surface area (Å²) in [5.41, 5.74) is 1.85. The van der Waals surface area contributed by atoms with Crippen molar-refractivity contribution in [1.29, 1.82) is 0 Å². The monoisotopic (exact) mass is 298 g/mol. The van der Waals surface area contributed by atoms with E-state index < -0.39 is 5.72 Å². The van der Waals surface area contributed by atoms with Crippen LogP contribution in [0.2, 0.25) is 5.02 Å². The van der Waals surface area contributed by atoms with Crippen LogP contribution in [0.25, 0.3) is 0 Å². The van der Waals surface area contributed by atoms with Crippen LogP contribution in [0.3, 0.4) is 0 Å². The number of hydrogen-bond acceptors (Lipinski definition) is 3. The third-order valence-electron chi connectivity index (χ3n) is 4.29. The number of aliphatic imine (C=N–C) groups is 1. The van der Waals surface area contributed by atoms with Gasteiger partial charge in [0.25, 0.3) is 0 Å². The van der Waals surface area contributed by atoms with Crippen molar-refractivity contribution in [2.45, 2.75) is 12.1 Å². The second kappa shape index (κ2) is 4.58. The maximum Gasteiger partial charge on any atom is 0.171 e. The molecule has 1 N–H and O–H groups in total. The summed E-state index contributed by atoms with van der Waals surface area (Å²) in [4.78, 5) is 6.57. The van der Waals surface area contributed by atoms with Gasteiger partial charge in [0.05, 0.1) is 6.54 Å². The lowest BCUT2D eigenvalue weighted by Gasteiger charge is -2.44. The van der Waals surface area contributed by atoms with Gasteiger partial charge in [0.15, 0.2) is 5.72 Å². The second-order valence-corrected chi connectivity index (χ2v) is 5.89. The van der Waals surface area contributed by atoms with Gasteiger partial charge in [0, 0.05) is 29.1 Å². The van der Waals surface area contributed by atoms with Gasteiger partial charge in [-0.2, -0.15) is 0 Å². The minimum atomic E-state index is -1.12. The molecule has 0 amide bonds. The van der Waals surface area contributed by atoms with Crippen molar-refractivity contribution in [3.63, 3.8) is 0 Å². The number of fused-ring (bicyclic) bond motifs is 3. The Kier molecular flexibility index (Phi) is 2.81. The lowest BCUT2D eigenvalue weighted by atomic mass is 9.86. The number of benzene rings is 2. The van der Waals surface area contributed by atoms with Gasteiger partial charge < -0.3 is 10.0 Å². The molecule has 0 saturated heterocycles. The molecule has 0 aromatic heterocycles. The van der Waals surface area contributed by atoms with Crippen LogP contribution in [0.4, 0.5) is 0 Å². The Labute approximate surface area is 128 Å². The summed E-state index contributed by atoms with van der Waals surface area (Å²) in [6.07, 6.45) is 0.520. The van der Waals surface area contributed by atoms with Crippen LogP contribution in [0.1, 0.15) is 16.7 Å². The highest BCUT2D eigenvalue weighted by molar-refractivity contribution is 6.31. The van der Waals surface area contributed by atoms with E-state index >= 15 is 0 Å². The minimum absolute atomic E-state index is 0.520. The fourth-order valence-electron chi connectivity index (χ4n) is 3.32. The largest absolute Gasteiger partial charge is 0.366 e. The van der Waals surface area contributed by atoms with E-state index in [1.54, 1.807) is 0 Å². The Balaban J connectivity index is 1.92. The van der Waals surface area contributed by atoms with Crippen LogP contribution in [0.15, 0.2) is 53.5 Å². The van der Waals surface area contributed by atoms with Gasteiger partial charge in [-0.05, 0) is 11.6 Å². The molecule has 2 aliphatic heterocycles. The first kappa shape index (κ1) is 12.9. The quantitative estimate of drug-likeness (QED) is 0.879. The minimum Gasteiger partial charge on any atom is -0.366 e. The molecule has 1 atom stereocenters. The molecule has 2 aromatic rings. The molecule has 0 aliphatic carbocycles. The molecule has 0 fully saturated rings. The SMILES string of the molecule is OC1(c2ccccc2Cl)Cc2ccccc2C2=NCCN21. The van der Waals surface area contributed by atoms with Gasteiger partial charge in [-0.15, -0.1) is 0 Å². The normalized spacial score (nSPS) is 23.5. The first-order chi connectivity index (χ1) is 10.2. The van der Waals surface area contributed by atoms with E-state index in [2.05, 4.69) is 17.1 Å². The number of rotatable bonds is 1. The third kappa shape index (κ3) is 1.81. The molecule has 0 spiro atoms. The summed E-state index contributed by atoms with van der Waals surface area (Å²) < 4.78 is 0. The first-order valence-corrected chi connectivity index (χ1v) is 7.46. The summed E-state index contributed by atoms with van der Waals surface area (Å²) in [6, 6.07) is 15.6. The summed E-state index contributed by atoms with van der Waals surface area (Å²) in [6.45, 7) is 1.42. The molecule has 2 aliphatic rings. The molecule has 21 heavy (non-hydrogen) atoms. The van der Waals surface area contributed by atoms with Crippen molar-refractivity contribution in [1.82, 2.24) is 4.90 Å². The second-order valence-electron chi connectivity index (χ2n) is 5.49. The van der Waals surface area contributed by atoms with Gasteiger partial charge in [-0.1, -0.05) is 54.1 Å². The van der Waals surface area contributed by atoms with Crippen molar-refractivity contribution < 1.29 is 5.11 Å². The van der Waals surface area contributed by atoms with Crippen LogP contribution in [0.5, 0.6) is 0 Å². The van der Waals surface area contributed by atoms with Crippen molar-refractivity contribution >= 4 is 17.4 Å². The van der Waals surface area contributed by atoms with E-state index in [0.29, 0.717) is 24.5 Å². The number of aliphatic hydroxyl groups is 1. The predicted octanol–water partition coefficient (Wildman–Crippen LogP) is 2.80. The molecular formula is C17H15ClN2O. The predicted molar refractivity (Wildman–Crippen MR) is 83.6 cm³/mol. The van der Waals surface area contributed by atoms with Crippen molar-refractivity contribution in [2.75, 3.05) is 13.1 Å². The molecule has 2 heterocycles. The zero-order valence-corrected chi connectivity index (χ0v) is 12.2. The maximum atomic E-state index is 11.4. The van der Waals surface area contributed by atoms with E-state index in [4.69, 9.17) is 11.6 Å². The van der Waals surface area contributed by atoms with Crippen LogP contribution in [0, 0.1) is 0 Å². The first-order valence-electron chi connectivity index (χ1n) is 7.08. The number of nitrogens with zero attached hydrogens (tertiary/aromatic N) is 2. The standard InChI is InChI=1S/C17H15ClN2O/c18-15-8-4-3-7-14(15)17(21)11-12-5-1-2-6-13(12)16-19-9-10-20(16)17/h1-8,21H,9-11H2. The summed E-state index contributed by atoms with van der Waals surface area (Å²) >= 11 is 6.34. The van der Waals surface area contributed by atoms with Gasteiger partial charge in [-0.3, -0.25) is 4.99 Å². The van der Waals surface area contributed by atoms with Crippen LogP contribution in [-0.2, 0) is 12.1 Å². The van der Waals surface area contributed by atoms with Crippen molar-refractivity contribution in [3.8, 4) is 0 Å². The van der Waals surface area contributed by atoms with Gasteiger partial charge in [0.2, 0.25) is 0 Å². The molecule has 2 aromatic carbocycles. The maximum absolute atomic E-state index is 11.4. The zero-order chi connectivity index (χ0) is 14.4. The summed E-state index contributed by atoms with van der Waals surface area (Å²) in [5.74, 6) is 0.874. The van der Waals surface area contributed by atoms with E-state index in [1.165, 1.54) is 0 Å². The molecule has 3 nitrogen and oxygen atoms in total. The topological polar surface area (TPSA) is 35.8 Å². The Morgan fingerprint density at radius 3 is 2.71 bits per heavy atom. The smallest absolute Gasteiger partial charge is 0.171 e. The number of amidine groups is 1. The van der Waals surface area contributed by atoms with Gasteiger partial charge in [0.1, 0.15) is 5.84 Å². The highest BCUT2D eigenvalue weighted by Crippen LogP contribution is 2.40. The van der Waals surface area contributed by atoms with Crippen LogP contribution < -0.4 is 0 Å². The molecule has 0 saturated carbocycles. The van der Waals surface area contributed by atoms with Crippen LogP contribution in [-0.4, -0.2) is 28.9 Å². The van der Waals surface area contributed by atoms with Gasteiger partial charge >= 0.3 is 0 Å². The third-order valence-corrected chi connectivity index (χ3v) is 4.62. The van der Waals surface area contributed by atoms with E-state index in [-0.39, 0.29) is 0 Å². The Bertz CT molecular complexity index is 743. The van der Waals surface area contributed by atoms with E-state index in [0.717, 1.165) is 22.5 Å². The number of halogens is 1. The zero-order valence-electron chi connectivity index (χ0n) is 11.5. The van der Waals surface area contributed by atoms with E-state index in [9.17, 15) is 5.11 Å². The highest BCUT2D eigenvalue weighted by Gasteiger charge is 2.45.